The van der Waals surface area contributed by atoms with Gasteiger partial charge in [-0.05, 0) is 56.5 Å². The summed E-state index contributed by atoms with van der Waals surface area (Å²) in [7, 11) is 0. The lowest BCUT2D eigenvalue weighted by Gasteiger charge is -2.26. The number of hydrogen-bond acceptors (Lipinski definition) is 4. The SMILES string of the molecule is CC1OCCC1(O)CNCc1cc(Br)c(O)c(Br)c1. The third kappa shape index (κ3) is 3.49. The summed E-state index contributed by atoms with van der Waals surface area (Å²) in [6.07, 6.45) is 0.516. The van der Waals surface area contributed by atoms with Crippen molar-refractivity contribution in [3.8, 4) is 5.75 Å². The van der Waals surface area contributed by atoms with Crippen molar-refractivity contribution in [2.75, 3.05) is 13.2 Å². The van der Waals surface area contributed by atoms with Gasteiger partial charge in [0.2, 0.25) is 0 Å². The maximum atomic E-state index is 10.3. The third-order valence-corrected chi connectivity index (χ3v) is 4.71. The molecule has 4 nitrogen and oxygen atoms in total. The maximum absolute atomic E-state index is 10.3. The van der Waals surface area contributed by atoms with Crippen molar-refractivity contribution in [2.45, 2.75) is 31.6 Å². The Bertz CT molecular complexity index is 446. The van der Waals surface area contributed by atoms with Crippen LogP contribution in [0.3, 0.4) is 0 Å². The van der Waals surface area contributed by atoms with Crippen LogP contribution in [0, 0.1) is 0 Å². The van der Waals surface area contributed by atoms with E-state index in [4.69, 9.17) is 4.74 Å². The van der Waals surface area contributed by atoms with Crippen LogP contribution in [0.1, 0.15) is 18.9 Å². The molecule has 1 saturated heterocycles. The molecule has 2 atom stereocenters. The van der Waals surface area contributed by atoms with Gasteiger partial charge in [0.25, 0.3) is 0 Å². The van der Waals surface area contributed by atoms with Crippen molar-refractivity contribution in [1.29, 1.82) is 0 Å². The van der Waals surface area contributed by atoms with Crippen LogP contribution in [0.5, 0.6) is 5.75 Å². The van der Waals surface area contributed by atoms with Crippen LogP contribution < -0.4 is 5.32 Å². The van der Waals surface area contributed by atoms with Crippen LogP contribution >= 0.6 is 31.9 Å². The number of benzene rings is 1. The molecular weight excluding hydrogens is 378 g/mol. The molecule has 0 radical (unpaired) electrons. The van der Waals surface area contributed by atoms with Gasteiger partial charge in [0.15, 0.2) is 0 Å². The second-order valence-corrected chi connectivity index (χ2v) is 6.59. The van der Waals surface area contributed by atoms with Crippen molar-refractivity contribution in [3.05, 3.63) is 26.6 Å². The highest BCUT2D eigenvalue weighted by atomic mass is 79.9. The minimum absolute atomic E-state index is 0.140. The van der Waals surface area contributed by atoms with Gasteiger partial charge in [-0.15, -0.1) is 0 Å². The number of halogens is 2. The van der Waals surface area contributed by atoms with E-state index in [1.165, 1.54) is 0 Å². The first-order valence-corrected chi connectivity index (χ1v) is 7.72. The van der Waals surface area contributed by atoms with Gasteiger partial charge in [-0.3, -0.25) is 0 Å². The molecule has 1 heterocycles. The largest absolute Gasteiger partial charge is 0.506 e. The molecular formula is C13H17Br2NO3. The molecule has 0 spiro atoms. The first-order chi connectivity index (χ1) is 8.92. The Morgan fingerprint density at radius 3 is 2.58 bits per heavy atom. The zero-order chi connectivity index (χ0) is 14.0. The van der Waals surface area contributed by atoms with E-state index < -0.39 is 5.60 Å². The minimum atomic E-state index is -0.786. The number of rotatable bonds is 4. The Labute approximate surface area is 129 Å². The predicted molar refractivity (Wildman–Crippen MR) is 80.2 cm³/mol. The van der Waals surface area contributed by atoms with E-state index in [0.717, 1.165) is 5.56 Å². The second kappa shape index (κ2) is 6.10. The lowest BCUT2D eigenvalue weighted by molar-refractivity contribution is -0.0262. The summed E-state index contributed by atoms with van der Waals surface area (Å²) in [5.41, 5.74) is 0.234. The van der Waals surface area contributed by atoms with E-state index in [0.29, 0.717) is 35.1 Å². The Hall–Kier alpha value is -0.140. The van der Waals surface area contributed by atoms with E-state index in [1.807, 2.05) is 19.1 Å². The molecule has 1 fully saturated rings. The molecule has 0 bridgehead atoms. The van der Waals surface area contributed by atoms with E-state index in [9.17, 15) is 10.2 Å². The Morgan fingerprint density at radius 1 is 1.42 bits per heavy atom. The Balaban J connectivity index is 1.93. The summed E-state index contributed by atoms with van der Waals surface area (Å²) in [6, 6.07) is 3.71. The first kappa shape index (κ1) is 15.3. The number of phenols is 1. The topological polar surface area (TPSA) is 61.7 Å². The Kier molecular flexibility index (Phi) is 4.89. The fraction of sp³-hybridized carbons (Fsp3) is 0.538. The van der Waals surface area contributed by atoms with Crippen LogP contribution in [-0.2, 0) is 11.3 Å². The van der Waals surface area contributed by atoms with E-state index in [-0.39, 0.29) is 11.9 Å². The van der Waals surface area contributed by atoms with Crippen LogP contribution in [0.15, 0.2) is 21.1 Å². The molecule has 1 aromatic carbocycles. The molecule has 3 N–H and O–H groups in total. The van der Waals surface area contributed by atoms with Crippen molar-refractivity contribution in [3.63, 3.8) is 0 Å². The van der Waals surface area contributed by atoms with Gasteiger partial charge in [-0.2, -0.15) is 0 Å². The monoisotopic (exact) mass is 393 g/mol. The standard InChI is InChI=1S/C13H17Br2NO3/c1-8-13(18,2-3-19-8)7-16-6-9-4-10(14)12(17)11(15)5-9/h4-5,8,16-18H,2-3,6-7H2,1H3. The van der Waals surface area contributed by atoms with Crippen LogP contribution in [0.25, 0.3) is 0 Å². The van der Waals surface area contributed by atoms with Crippen molar-refractivity contribution < 1.29 is 14.9 Å². The smallest absolute Gasteiger partial charge is 0.143 e. The van der Waals surface area contributed by atoms with Crippen molar-refractivity contribution in [1.82, 2.24) is 5.32 Å². The maximum Gasteiger partial charge on any atom is 0.143 e. The summed E-state index contributed by atoms with van der Waals surface area (Å²) >= 11 is 6.60. The summed E-state index contributed by atoms with van der Waals surface area (Å²) in [6.45, 7) is 3.61. The highest BCUT2D eigenvalue weighted by Gasteiger charge is 2.38. The number of ether oxygens (including phenoxy) is 1. The molecule has 0 aromatic heterocycles. The molecule has 2 unspecified atom stereocenters. The number of aliphatic hydroxyl groups is 1. The van der Waals surface area contributed by atoms with Crippen molar-refractivity contribution in [2.24, 2.45) is 0 Å². The summed E-state index contributed by atoms with van der Waals surface area (Å²) in [5.74, 6) is 0.195. The quantitative estimate of drug-likeness (QED) is 0.734. The van der Waals surface area contributed by atoms with Gasteiger partial charge in [-0.1, -0.05) is 0 Å². The molecule has 0 aliphatic carbocycles. The number of nitrogens with one attached hydrogen (secondary N) is 1. The van der Waals surface area contributed by atoms with Gasteiger partial charge in [0, 0.05) is 26.1 Å². The van der Waals surface area contributed by atoms with Gasteiger partial charge in [0.05, 0.1) is 15.0 Å². The minimum Gasteiger partial charge on any atom is -0.506 e. The normalized spacial score (nSPS) is 26.8. The van der Waals surface area contributed by atoms with Crippen LogP contribution in [0.4, 0.5) is 0 Å². The van der Waals surface area contributed by atoms with Crippen LogP contribution in [-0.4, -0.2) is 35.1 Å². The van der Waals surface area contributed by atoms with E-state index in [2.05, 4.69) is 37.2 Å². The number of aromatic hydroxyl groups is 1. The number of phenolic OH excluding ortho intramolecular Hbond substituents is 1. The molecule has 19 heavy (non-hydrogen) atoms. The van der Waals surface area contributed by atoms with Gasteiger partial charge < -0.3 is 20.3 Å². The van der Waals surface area contributed by atoms with Crippen molar-refractivity contribution >= 4 is 31.9 Å². The third-order valence-electron chi connectivity index (χ3n) is 3.50. The molecule has 6 heteroatoms. The summed E-state index contributed by atoms with van der Waals surface area (Å²) in [5, 5.41) is 23.2. The summed E-state index contributed by atoms with van der Waals surface area (Å²) in [4.78, 5) is 0. The fourth-order valence-electron chi connectivity index (χ4n) is 2.15. The molecule has 106 valence electrons. The Morgan fingerprint density at radius 2 is 2.05 bits per heavy atom. The molecule has 2 rings (SSSR count). The average Bonchev–Trinajstić information content (AvgIpc) is 2.67. The zero-order valence-corrected chi connectivity index (χ0v) is 13.8. The number of hydrogen-bond donors (Lipinski definition) is 3. The molecule has 0 saturated carbocycles. The van der Waals surface area contributed by atoms with Crippen LogP contribution in [0.2, 0.25) is 0 Å². The van der Waals surface area contributed by atoms with E-state index >= 15 is 0 Å². The average molecular weight is 395 g/mol. The lowest BCUT2D eigenvalue weighted by Crippen LogP contribution is -2.45. The fourth-order valence-corrected chi connectivity index (χ4v) is 3.43. The molecule has 1 aromatic rings. The van der Waals surface area contributed by atoms with Gasteiger partial charge in [-0.25, -0.2) is 0 Å². The zero-order valence-electron chi connectivity index (χ0n) is 10.6. The molecule has 1 aliphatic heterocycles. The highest BCUT2D eigenvalue weighted by molar-refractivity contribution is 9.11. The molecule has 0 amide bonds. The highest BCUT2D eigenvalue weighted by Crippen LogP contribution is 2.33. The van der Waals surface area contributed by atoms with Gasteiger partial charge in [0.1, 0.15) is 11.4 Å². The molecule has 1 aliphatic rings. The van der Waals surface area contributed by atoms with Gasteiger partial charge >= 0.3 is 0 Å². The summed E-state index contributed by atoms with van der Waals surface area (Å²) < 4.78 is 6.68. The first-order valence-electron chi connectivity index (χ1n) is 6.14. The lowest BCUT2D eigenvalue weighted by atomic mass is 9.96. The predicted octanol–water partition coefficient (Wildman–Crippen LogP) is 2.55. The second-order valence-electron chi connectivity index (χ2n) is 4.88. The van der Waals surface area contributed by atoms with E-state index in [1.54, 1.807) is 0 Å².